The zero-order chi connectivity index (χ0) is 13.5. The standard InChI is InChI=1S/C17H18O2/c18-17(19)13-4-2-1-3-8-14-10-7-11-15-9-5-6-12-16(14)15/h3,5-12H,1-2,4,13H2,(H,18,19)/b8-3+. The van der Waals surface area contributed by atoms with E-state index in [4.69, 9.17) is 5.11 Å². The van der Waals surface area contributed by atoms with Gasteiger partial charge in [0, 0.05) is 6.42 Å². The molecule has 0 spiro atoms. The minimum absolute atomic E-state index is 0.266. The predicted octanol–water partition coefficient (Wildman–Crippen LogP) is 4.50. The number of aliphatic carboxylic acids is 1. The summed E-state index contributed by atoms with van der Waals surface area (Å²) in [4.78, 5) is 10.4. The molecule has 2 aromatic carbocycles. The molecule has 0 bridgehead atoms. The number of benzene rings is 2. The zero-order valence-corrected chi connectivity index (χ0v) is 10.9. The highest BCUT2D eigenvalue weighted by molar-refractivity contribution is 5.90. The highest BCUT2D eigenvalue weighted by atomic mass is 16.4. The van der Waals surface area contributed by atoms with Crippen molar-refractivity contribution in [3.8, 4) is 0 Å². The molecule has 0 aliphatic heterocycles. The Kier molecular flexibility index (Phi) is 4.73. The fraction of sp³-hybridized carbons (Fsp3) is 0.235. The van der Waals surface area contributed by atoms with Gasteiger partial charge in [0.1, 0.15) is 0 Å². The van der Waals surface area contributed by atoms with Gasteiger partial charge in [-0.05, 0) is 35.6 Å². The maximum Gasteiger partial charge on any atom is 0.303 e. The quantitative estimate of drug-likeness (QED) is 0.771. The van der Waals surface area contributed by atoms with Crippen LogP contribution in [0.5, 0.6) is 0 Å². The molecule has 98 valence electrons. The van der Waals surface area contributed by atoms with Gasteiger partial charge in [0.15, 0.2) is 0 Å². The maximum absolute atomic E-state index is 10.4. The van der Waals surface area contributed by atoms with Crippen molar-refractivity contribution in [1.29, 1.82) is 0 Å². The van der Waals surface area contributed by atoms with Crippen LogP contribution in [0.25, 0.3) is 16.8 Å². The summed E-state index contributed by atoms with van der Waals surface area (Å²) in [5.74, 6) is -0.710. The number of carboxylic acid groups (broad SMARTS) is 1. The second-order valence-corrected chi connectivity index (χ2v) is 4.61. The Morgan fingerprint density at radius 1 is 1.05 bits per heavy atom. The van der Waals surface area contributed by atoms with Gasteiger partial charge in [-0.25, -0.2) is 0 Å². The Morgan fingerprint density at radius 3 is 2.68 bits per heavy atom. The first-order chi connectivity index (χ1) is 9.27. The van der Waals surface area contributed by atoms with E-state index in [0.717, 1.165) is 19.3 Å². The number of carboxylic acids is 1. The molecule has 0 saturated heterocycles. The van der Waals surface area contributed by atoms with E-state index in [2.05, 4.69) is 42.5 Å². The van der Waals surface area contributed by atoms with Crippen LogP contribution < -0.4 is 0 Å². The smallest absolute Gasteiger partial charge is 0.303 e. The van der Waals surface area contributed by atoms with Crippen LogP contribution in [0.15, 0.2) is 48.5 Å². The van der Waals surface area contributed by atoms with Crippen LogP contribution in [0.3, 0.4) is 0 Å². The van der Waals surface area contributed by atoms with Gasteiger partial charge in [0.05, 0.1) is 0 Å². The van der Waals surface area contributed by atoms with Crippen molar-refractivity contribution in [3.63, 3.8) is 0 Å². The van der Waals surface area contributed by atoms with E-state index in [1.807, 2.05) is 12.1 Å². The summed E-state index contributed by atoms with van der Waals surface area (Å²) in [7, 11) is 0. The average Bonchev–Trinajstić information content (AvgIpc) is 2.42. The van der Waals surface area contributed by atoms with Crippen molar-refractivity contribution in [1.82, 2.24) is 0 Å². The fourth-order valence-corrected chi connectivity index (χ4v) is 2.14. The third-order valence-electron chi connectivity index (χ3n) is 3.13. The molecule has 0 amide bonds. The number of carbonyl (C=O) groups is 1. The molecule has 2 rings (SSSR count). The van der Waals surface area contributed by atoms with Crippen LogP contribution in [-0.2, 0) is 4.79 Å². The summed E-state index contributed by atoms with van der Waals surface area (Å²) < 4.78 is 0. The molecule has 0 heterocycles. The number of fused-ring (bicyclic) bond motifs is 1. The topological polar surface area (TPSA) is 37.3 Å². The monoisotopic (exact) mass is 254 g/mol. The highest BCUT2D eigenvalue weighted by Gasteiger charge is 1.97. The van der Waals surface area contributed by atoms with Crippen LogP contribution >= 0.6 is 0 Å². The van der Waals surface area contributed by atoms with Gasteiger partial charge in [-0.1, -0.05) is 54.6 Å². The maximum atomic E-state index is 10.4. The van der Waals surface area contributed by atoms with Crippen molar-refractivity contribution in [2.24, 2.45) is 0 Å². The SMILES string of the molecule is O=C(O)CCCC/C=C/c1cccc2ccccc12. The van der Waals surface area contributed by atoms with Gasteiger partial charge >= 0.3 is 5.97 Å². The Hall–Kier alpha value is -2.09. The molecule has 2 nitrogen and oxygen atoms in total. The van der Waals surface area contributed by atoms with Gasteiger partial charge in [-0.2, -0.15) is 0 Å². The van der Waals surface area contributed by atoms with Crippen molar-refractivity contribution < 1.29 is 9.90 Å². The van der Waals surface area contributed by atoms with Crippen LogP contribution in [0, 0.1) is 0 Å². The number of rotatable bonds is 6. The summed E-state index contributed by atoms with van der Waals surface area (Å²) in [5.41, 5.74) is 1.22. The normalized spacial score (nSPS) is 11.2. The third-order valence-corrected chi connectivity index (χ3v) is 3.13. The van der Waals surface area contributed by atoms with Crippen molar-refractivity contribution in [2.75, 3.05) is 0 Å². The van der Waals surface area contributed by atoms with E-state index in [9.17, 15) is 4.79 Å². The lowest BCUT2D eigenvalue weighted by atomic mass is 10.0. The van der Waals surface area contributed by atoms with Crippen LogP contribution in [0.1, 0.15) is 31.2 Å². The first-order valence-electron chi connectivity index (χ1n) is 6.63. The molecular weight excluding hydrogens is 236 g/mol. The second-order valence-electron chi connectivity index (χ2n) is 4.61. The molecule has 0 aromatic heterocycles. The molecule has 1 N–H and O–H groups in total. The number of hydrogen-bond donors (Lipinski definition) is 1. The first kappa shape index (κ1) is 13.3. The van der Waals surface area contributed by atoms with Crippen molar-refractivity contribution in [2.45, 2.75) is 25.7 Å². The van der Waals surface area contributed by atoms with Crippen LogP contribution in [0.2, 0.25) is 0 Å². The summed E-state index contributed by atoms with van der Waals surface area (Å²) in [6.07, 6.45) is 7.12. The van der Waals surface area contributed by atoms with E-state index in [1.165, 1.54) is 16.3 Å². The Bertz CT molecular complexity index is 579. The van der Waals surface area contributed by atoms with Crippen LogP contribution in [0.4, 0.5) is 0 Å². The number of unbranched alkanes of at least 4 members (excludes halogenated alkanes) is 2. The molecule has 0 unspecified atom stereocenters. The second kappa shape index (κ2) is 6.74. The molecule has 0 radical (unpaired) electrons. The summed E-state index contributed by atoms with van der Waals surface area (Å²) in [6.45, 7) is 0. The Balaban J connectivity index is 1.95. The highest BCUT2D eigenvalue weighted by Crippen LogP contribution is 2.19. The van der Waals surface area contributed by atoms with E-state index in [1.54, 1.807) is 0 Å². The molecule has 0 fully saturated rings. The third kappa shape index (κ3) is 3.95. The van der Waals surface area contributed by atoms with Gasteiger partial charge in [0.25, 0.3) is 0 Å². The summed E-state index contributed by atoms with van der Waals surface area (Å²) in [5, 5.41) is 11.1. The van der Waals surface area contributed by atoms with E-state index in [0.29, 0.717) is 0 Å². The first-order valence-corrected chi connectivity index (χ1v) is 6.63. The van der Waals surface area contributed by atoms with Crippen molar-refractivity contribution in [3.05, 3.63) is 54.1 Å². The number of hydrogen-bond acceptors (Lipinski definition) is 1. The Labute approximate surface area is 113 Å². The minimum atomic E-state index is -0.710. The lowest BCUT2D eigenvalue weighted by molar-refractivity contribution is -0.137. The summed E-state index contributed by atoms with van der Waals surface area (Å²) >= 11 is 0. The van der Waals surface area contributed by atoms with Gasteiger partial charge < -0.3 is 5.11 Å². The molecule has 2 aromatic rings. The van der Waals surface area contributed by atoms with E-state index >= 15 is 0 Å². The predicted molar refractivity (Wildman–Crippen MR) is 79.1 cm³/mol. The van der Waals surface area contributed by atoms with Gasteiger partial charge in [-0.15, -0.1) is 0 Å². The number of allylic oxidation sites excluding steroid dienone is 1. The molecule has 0 saturated carbocycles. The largest absolute Gasteiger partial charge is 0.481 e. The lowest BCUT2D eigenvalue weighted by Crippen LogP contribution is -1.92. The molecule has 0 aliphatic carbocycles. The zero-order valence-electron chi connectivity index (χ0n) is 10.9. The molecule has 19 heavy (non-hydrogen) atoms. The average molecular weight is 254 g/mol. The fourth-order valence-electron chi connectivity index (χ4n) is 2.14. The molecule has 0 aliphatic rings. The van der Waals surface area contributed by atoms with E-state index < -0.39 is 5.97 Å². The molecule has 2 heteroatoms. The lowest BCUT2D eigenvalue weighted by Gasteiger charge is -2.01. The van der Waals surface area contributed by atoms with E-state index in [-0.39, 0.29) is 6.42 Å². The van der Waals surface area contributed by atoms with Crippen molar-refractivity contribution >= 4 is 22.8 Å². The molecular formula is C17H18O2. The minimum Gasteiger partial charge on any atom is -0.481 e. The summed E-state index contributed by atoms with van der Waals surface area (Å²) in [6, 6.07) is 14.6. The van der Waals surface area contributed by atoms with Gasteiger partial charge in [-0.3, -0.25) is 4.79 Å². The van der Waals surface area contributed by atoms with Gasteiger partial charge in [0.2, 0.25) is 0 Å². The molecule has 0 atom stereocenters. The Morgan fingerprint density at radius 2 is 1.84 bits per heavy atom. The van der Waals surface area contributed by atoms with Crippen LogP contribution in [-0.4, -0.2) is 11.1 Å².